The Hall–Kier alpha value is -1.37. The molecule has 4 nitrogen and oxygen atoms in total. The van der Waals surface area contributed by atoms with Crippen LogP contribution in [0.4, 0.5) is 8.78 Å². The van der Waals surface area contributed by atoms with E-state index >= 15 is 0 Å². The monoisotopic (exact) mass is 238 g/mol. The molecule has 0 saturated carbocycles. The minimum Gasteiger partial charge on any atom is -0.490 e. The van der Waals surface area contributed by atoms with Gasteiger partial charge in [0.2, 0.25) is 0 Å². The van der Waals surface area contributed by atoms with Gasteiger partial charge >= 0.3 is 10.1 Å². The molecule has 0 N–H and O–H groups in total. The Morgan fingerprint density at radius 1 is 1.27 bits per heavy atom. The molecule has 0 aliphatic heterocycles. The van der Waals surface area contributed by atoms with E-state index in [0.717, 1.165) is 19.4 Å². The second-order valence-electron chi connectivity index (χ2n) is 2.71. The summed E-state index contributed by atoms with van der Waals surface area (Å²) in [5.41, 5.74) is 0. The summed E-state index contributed by atoms with van der Waals surface area (Å²) >= 11 is 0. The summed E-state index contributed by atoms with van der Waals surface area (Å²) < 4.78 is 56.2. The van der Waals surface area contributed by atoms with Gasteiger partial charge in [0, 0.05) is 12.1 Å². The molecule has 1 aromatic carbocycles. The molecular formula is C8H8F2O4S. The lowest BCUT2D eigenvalue weighted by atomic mass is 10.3. The molecule has 7 heteroatoms. The van der Waals surface area contributed by atoms with Crippen LogP contribution in [0.25, 0.3) is 0 Å². The number of rotatable bonds is 3. The van der Waals surface area contributed by atoms with Crippen LogP contribution in [0.5, 0.6) is 11.5 Å². The first kappa shape index (κ1) is 11.7. The summed E-state index contributed by atoms with van der Waals surface area (Å²) in [4.78, 5) is 0. The highest BCUT2D eigenvalue weighted by atomic mass is 32.2. The van der Waals surface area contributed by atoms with Gasteiger partial charge in [0.25, 0.3) is 0 Å². The Bertz CT molecular complexity index is 470. The Morgan fingerprint density at radius 2 is 1.87 bits per heavy atom. The summed E-state index contributed by atoms with van der Waals surface area (Å²) in [6.07, 6.45) is 0.759. The van der Waals surface area contributed by atoms with E-state index in [1.165, 1.54) is 0 Å². The summed E-state index contributed by atoms with van der Waals surface area (Å²) in [5.74, 6) is -2.96. The fraction of sp³-hybridized carbons (Fsp3) is 0.250. The first-order valence-electron chi connectivity index (χ1n) is 3.76. The van der Waals surface area contributed by atoms with Crippen molar-refractivity contribution in [2.45, 2.75) is 0 Å². The minimum atomic E-state index is -3.86. The van der Waals surface area contributed by atoms with E-state index in [4.69, 9.17) is 0 Å². The first-order valence-corrected chi connectivity index (χ1v) is 5.57. The topological polar surface area (TPSA) is 52.6 Å². The molecule has 0 aromatic heterocycles. The van der Waals surface area contributed by atoms with Crippen molar-refractivity contribution < 1.29 is 26.1 Å². The highest BCUT2D eigenvalue weighted by Crippen LogP contribution is 2.31. The van der Waals surface area contributed by atoms with Crippen LogP contribution < -0.4 is 8.92 Å². The normalized spacial score (nSPS) is 11.2. The van der Waals surface area contributed by atoms with Gasteiger partial charge in [0.05, 0.1) is 13.4 Å². The van der Waals surface area contributed by atoms with Crippen molar-refractivity contribution in [1.29, 1.82) is 0 Å². The molecular weight excluding hydrogens is 230 g/mol. The van der Waals surface area contributed by atoms with Gasteiger partial charge in [-0.05, 0) is 0 Å². The maximum Gasteiger partial charge on any atom is 0.306 e. The molecule has 0 bridgehead atoms. The predicted molar refractivity (Wildman–Crippen MR) is 48.4 cm³/mol. The van der Waals surface area contributed by atoms with E-state index in [1.54, 1.807) is 0 Å². The number of hydrogen-bond donors (Lipinski definition) is 0. The Kier molecular flexibility index (Phi) is 3.13. The van der Waals surface area contributed by atoms with E-state index < -0.39 is 33.3 Å². The van der Waals surface area contributed by atoms with Gasteiger partial charge in [-0.1, -0.05) is 0 Å². The van der Waals surface area contributed by atoms with E-state index in [1.807, 2.05) is 0 Å². The zero-order valence-corrected chi connectivity index (χ0v) is 8.77. The van der Waals surface area contributed by atoms with Gasteiger partial charge in [-0.15, -0.1) is 0 Å². The summed E-state index contributed by atoms with van der Waals surface area (Å²) in [7, 11) is -2.74. The highest BCUT2D eigenvalue weighted by Gasteiger charge is 2.16. The Labute approximate surface area is 85.6 Å². The lowest BCUT2D eigenvalue weighted by Crippen LogP contribution is -2.07. The van der Waals surface area contributed by atoms with Gasteiger partial charge in [-0.25, -0.2) is 8.78 Å². The molecule has 0 saturated heterocycles. The molecule has 84 valence electrons. The largest absolute Gasteiger partial charge is 0.490 e. The number of methoxy groups -OCH3 is 1. The van der Waals surface area contributed by atoms with Crippen LogP contribution in [0.15, 0.2) is 12.1 Å². The second kappa shape index (κ2) is 4.01. The zero-order chi connectivity index (χ0) is 11.6. The predicted octanol–water partition coefficient (Wildman–Crippen LogP) is 1.31. The van der Waals surface area contributed by atoms with Crippen molar-refractivity contribution in [3.8, 4) is 11.5 Å². The zero-order valence-electron chi connectivity index (χ0n) is 7.95. The van der Waals surface area contributed by atoms with E-state index in [0.29, 0.717) is 6.07 Å². The summed E-state index contributed by atoms with van der Waals surface area (Å²) in [5, 5.41) is 0. The maximum atomic E-state index is 13.0. The summed E-state index contributed by atoms with van der Waals surface area (Å²) in [6, 6.07) is 1.29. The van der Waals surface area contributed by atoms with Crippen LogP contribution in [-0.4, -0.2) is 21.8 Å². The number of hydrogen-bond acceptors (Lipinski definition) is 4. The average molecular weight is 238 g/mol. The maximum absolute atomic E-state index is 13.0. The number of ether oxygens (including phenoxy) is 1. The third kappa shape index (κ3) is 3.05. The molecule has 0 unspecified atom stereocenters. The van der Waals surface area contributed by atoms with Crippen molar-refractivity contribution >= 4 is 10.1 Å². The quantitative estimate of drug-likeness (QED) is 0.745. The Morgan fingerprint density at radius 3 is 2.33 bits per heavy atom. The van der Waals surface area contributed by atoms with Crippen LogP contribution >= 0.6 is 0 Å². The van der Waals surface area contributed by atoms with E-state index in [9.17, 15) is 17.2 Å². The van der Waals surface area contributed by atoms with Crippen LogP contribution in [0.2, 0.25) is 0 Å². The van der Waals surface area contributed by atoms with Gasteiger partial charge in [0.15, 0.2) is 17.3 Å². The Balaban J connectivity index is 3.27. The van der Waals surface area contributed by atoms with Gasteiger partial charge in [0.1, 0.15) is 5.82 Å². The third-order valence-corrected chi connectivity index (χ3v) is 1.90. The van der Waals surface area contributed by atoms with Crippen LogP contribution in [-0.2, 0) is 10.1 Å². The van der Waals surface area contributed by atoms with Crippen molar-refractivity contribution in [2.24, 2.45) is 0 Å². The van der Waals surface area contributed by atoms with Crippen molar-refractivity contribution in [3.05, 3.63) is 23.8 Å². The molecule has 0 heterocycles. The molecule has 0 aliphatic carbocycles. The van der Waals surface area contributed by atoms with Crippen molar-refractivity contribution in [3.63, 3.8) is 0 Å². The smallest absolute Gasteiger partial charge is 0.306 e. The van der Waals surface area contributed by atoms with Crippen molar-refractivity contribution in [2.75, 3.05) is 13.4 Å². The van der Waals surface area contributed by atoms with Gasteiger partial charge in [-0.3, -0.25) is 0 Å². The van der Waals surface area contributed by atoms with Gasteiger partial charge in [-0.2, -0.15) is 8.42 Å². The fourth-order valence-corrected chi connectivity index (χ4v) is 1.41. The van der Waals surface area contributed by atoms with Crippen LogP contribution in [0, 0.1) is 11.6 Å². The SMILES string of the molecule is COc1c(F)cc(F)cc1OS(C)(=O)=O. The lowest BCUT2D eigenvalue weighted by molar-refractivity contribution is 0.363. The lowest BCUT2D eigenvalue weighted by Gasteiger charge is -2.09. The average Bonchev–Trinajstić information content (AvgIpc) is 1.99. The second-order valence-corrected chi connectivity index (χ2v) is 4.28. The van der Waals surface area contributed by atoms with Gasteiger partial charge < -0.3 is 8.92 Å². The molecule has 0 spiro atoms. The molecule has 1 rings (SSSR count). The van der Waals surface area contributed by atoms with Crippen LogP contribution in [0.3, 0.4) is 0 Å². The third-order valence-electron chi connectivity index (χ3n) is 1.42. The highest BCUT2D eigenvalue weighted by molar-refractivity contribution is 7.86. The standard InChI is InChI=1S/C8H8F2O4S/c1-13-8-6(10)3-5(9)4-7(8)14-15(2,11)12/h3-4H,1-2H3. The van der Waals surface area contributed by atoms with Crippen LogP contribution in [0.1, 0.15) is 0 Å². The molecule has 0 fully saturated rings. The molecule has 0 atom stereocenters. The number of benzene rings is 1. The molecule has 1 aromatic rings. The first-order chi connectivity index (χ1) is 6.83. The summed E-state index contributed by atoms with van der Waals surface area (Å²) in [6.45, 7) is 0. The minimum absolute atomic E-state index is 0.457. The molecule has 0 aliphatic rings. The molecule has 15 heavy (non-hydrogen) atoms. The number of halogens is 2. The fourth-order valence-electron chi connectivity index (χ4n) is 0.960. The molecule has 0 radical (unpaired) electrons. The van der Waals surface area contributed by atoms with E-state index in [2.05, 4.69) is 8.92 Å². The van der Waals surface area contributed by atoms with Crippen molar-refractivity contribution in [1.82, 2.24) is 0 Å². The molecule has 0 amide bonds. The van der Waals surface area contributed by atoms with E-state index in [-0.39, 0.29) is 0 Å².